The molecule has 0 bridgehead atoms. The summed E-state index contributed by atoms with van der Waals surface area (Å²) in [5, 5.41) is 3.41. The Hall–Kier alpha value is -1.80. The second-order valence-electron chi connectivity index (χ2n) is 4.96. The van der Waals surface area contributed by atoms with Gasteiger partial charge in [0.05, 0.1) is 12.6 Å². The summed E-state index contributed by atoms with van der Waals surface area (Å²) in [6, 6.07) is 16.9. The Labute approximate surface area is 121 Å². The molecule has 0 fully saturated rings. The number of para-hydroxylation sites is 1. The Morgan fingerprint density at radius 1 is 1.00 bits per heavy atom. The van der Waals surface area contributed by atoms with Gasteiger partial charge in [-0.1, -0.05) is 49.4 Å². The lowest BCUT2D eigenvalue weighted by Crippen LogP contribution is -2.19. The summed E-state index contributed by atoms with van der Waals surface area (Å²) in [5.74, 6) is 0.969. The average molecular weight is 269 g/mol. The molecule has 0 heterocycles. The molecule has 1 N–H and O–H groups in total. The molecule has 106 valence electrons. The Balaban J connectivity index is 2.39. The van der Waals surface area contributed by atoms with Crippen LogP contribution in [0.15, 0.2) is 48.5 Å². The SMILES string of the molecule is CCCOc1ccccc1C(NC)c1ccccc1C. The van der Waals surface area contributed by atoms with E-state index in [1.165, 1.54) is 16.7 Å². The highest BCUT2D eigenvalue weighted by molar-refractivity contribution is 5.43. The number of nitrogens with one attached hydrogen (secondary N) is 1. The quantitative estimate of drug-likeness (QED) is 0.852. The van der Waals surface area contributed by atoms with Gasteiger partial charge < -0.3 is 10.1 Å². The summed E-state index contributed by atoms with van der Waals surface area (Å²) in [6.45, 7) is 5.02. The summed E-state index contributed by atoms with van der Waals surface area (Å²) in [6.07, 6.45) is 1.02. The standard InChI is InChI=1S/C18H23NO/c1-4-13-20-17-12-8-7-11-16(17)18(19-3)15-10-6-5-9-14(15)2/h5-12,18-19H,4,13H2,1-3H3. The van der Waals surface area contributed by atoms with Crippen molar-refractivity contribution in [2.75, 3.05) is 13.7 Å². The average Bonchev–Trinajstić information content (AvgIpc) is 2.49. The van der Waals surface area contributed by atoms with Crippen molar-refractivity contribution in [3.05, 3.63) is 65.2 Å². The number of ether oxygens (including phenoxy) is 1. The van der Waals surface area contributed by atoms with Gasteiger partial charge in [0.2, 0.25) is 0 Å². The van der Waals surface area contributed by atoms with Crippen molar-refractivity contribution in [1.29, 1.82) is 0 Å². The van der Waals surface area contributed by atoms with E-state index in [0.29, 0.717) is 0 Å². The van der Waals surface area contributed by atoms with E-state index in [0.717, 1.165) is 18.8 Å². The second kappa shape index (κ2) is 7.11. The number of hydrogen-bond acceptors (Lipinski definition) is 2. The van der Waals surface area contributed by atoms with Gasteiger partial charge in [-0.2, -0.15) is 0 Å². The van der Waals surface area contributed by atoms with Crippen LogP contribution in [0, 0.1) is 6.92 Å². The van der Waals surface area contributed by atoms with E-state index in [1.807, 2.05) is 19.2 Å². The molecule has 0 amide bonds. The van der Waals surface area contributed by atoms with Crippen molar-refractivity contribution in [1.82, 2.24) is 5.32 Å². The lowest BCUT2D eigenvalue weighted by atomic mass is 9.94. The number of aryl methyl sites for hydroxylation is 1. The number of rotatable bonds is 6. The molecule has 0 aliphatic carbocycles. The van der Waals surface area contributed by atoms with Crippen molar-refractivity contribution in [3.8, 4) is 5.75 Å². The van der Waals surface area contributed by atoms with Gasteiger partial charge in [0.15, 0.2) is 0 Å². The maximum absolute atomic E-state index is 5.89. The van der Waals surface area contributed by atoms with E-state index in [1.54, 1.807) is 0 Å². The molecule has 2 nitrogen and oxygen atoms in total. The Morgan fingerprint density at radius 2 is 1.65 bits per heavy atom. The molecule has 0 aliphatic heterocycles. The van der Waals surface area contributed by atoms with Gasteiger partial charge in [-0.25, -0.2) is 0 Å². The van der Waals surface area contributed by atoms with Gasteiger partial charge in [-0.05, 0) is 37.6 Å². The largest absolute Gasteiger partial charge is 0.493 e. The zero-order valence-electron chi connectivity index (χ0n) is 12.5. The highest BCUT2D eigenvalue weighted by Crippen LogP contribution is 2.31. The molecule has 2 aromatic carbocycles. The molecule has 1 atom stereocenters. The third kappa shape index (κ3) is 3.20. The van der Waals surface area contributed by atoms with Crippen molar-refractivity contribution < 1.29 is 4.74 Å². The topological polar surface area (TPSA) is 21.3 Å². The smallest absolute Gasteiger partial charge is 0.124 e. The molecular weight excluding hydrogens is 246 g/mol. The minimum absolute atomic E-state index is 0.157. The fraction of sp³-hybridized carbons (Fsp3) is 0.333. The fourth-order valence-corrected chi connectivity index (χ4v) is 2.45. The first-order chi connectivity index (χ1) is 9.77. The van der Waals surface area contributed by atoms with Crippen molar-refractivity contribution in [2.45, 2.75) is 26.3 Å². The van der Waals surface area contributed by atoms with Gasteiger partial charge in [0.25, 0.3) is 0 Å². The molecule has 0 aliphatic rings. The van der Waals surface area contributed by atoms with Gasteiger partial charge in [-0.15, -0.1) is 0 Å². The van der Waals surface area contributed by atoms with Crippen LogP contribution in [0.4, 0.5) is 0 Å². The van der Waals surface area contributed by atoms with E-state index >= 15 is 0 Å². The van der Waals surface area contributed by atoms with E-state index in [9.17, 15) is 0 Å². The van der Waals surface area contributed by atoms with Gasteiger partial charge in [0, 0.05) is 5.56 Å². The minimum Gasteiger partial charge on any atom is -0.493 e. The molecule has 0 radical (unpaired) electrons. The van der Waals surface area contributed by atoms with E-state index in [4.69, 9.17) is 4.74 Å². The fourth-order valence-electron chi connectivity index (χ4n) is 2.45. The second-order valence-corrected chi connectivity index (χ2v) is 4.96. The molecule has 1 unspecified atom stereocenters. The number of benzene rings is 2. The first kappa shape index (κ1) is 14.6. The maximum atomic E-state index is 5.89. The zero-order chi connectivity index (χ0) is 14.4. The molecule has 0 spiro atoms. The lowest BCUT2D eigenvalue weighted by Gasteiger charge is -2.22. The van der Waals surface area contributed by atoms with Crippen LogP contribution in [0.3, 0.4) is 0 Å². The summed E-state index contributed by atoms with van der Waals surface area (Å²) < 4.78 is 5.89. The third-order valence-electron chi connectivity index (χ3n) is 3.48. The van der Waals surface area contributed by atoms with Gasteiger partial charge >= 0.3 is 0 Å². The molecule has 0 saturated carbocycles. The Bertz CT molecular complexity index is 551. The Kier molecular flexibility index (Phi) is 5.19. The van der Waals surface area contributed by atoms with E-state index in [2.05, 4.69) is 55.6 Å². The van der Waals surface area contributed by atoms with E-state index in [-0.39, 0.29) is 6.04 Å². The summed E-state index contributed by atoms with van der Waals surface area (Å²) in [7, 11) is 1.99. The Morgan fingerprint density at radius 3 is 2.30 bits per heavy atom. The summed E-state index contributed by atoms with van der Waals surface area (Å²) in [4.78, 5) is 0. The number of hydrogen-bond donors (Lipinski definition) is 1. The normalized spacial score (nSPS) is 12.2. The first-order valence-corrected chi connectivity index (χ1v) is 7.22. The summed E-state index contributed by atoms with van der Waals surface area (Å²) in [5.41, 5.74) is 3.78. The first-order valence-electron chi connectivity index (χ1n) is 7.22. The predicted molar refractivity (Wildman–Crippen MR) is 84.3 cm³/mol. The lowest BCUT2D eigenvalue weighted by molar-refractivity contribution is 0.312. The van der Waals surface area contributed by atoms with Crippen LogP contribution in [-0.2, 0) is 0 Å². The predicted octanol–water partition coefficient (Wildman–Crippen LogP) is 4.09. The van der Waals surface area contributed by atoms with Gasteiger partial charge in [-0.3, -0.25) is 0 Å². The van der Waals surface area contributed by atoms with Crippen molar-refractivity contribution in [2.24, 2.45) is 0 Å². The van der Waals surface area contributed by atoms with Crippen LogP contribution in [-0.4, -0.2) is 13.7 Å². The molecule has 2 aromatic rings. The third-order valence-corrected chi connectivity index (χ3v) is 3.48. The minimum atomic E-state index is 0.157. The van der Waals surface area contributed by atoms with Crippen LogP contribution in [0.1, 0.15) is 36.1 Å². The summed E-state index contributed by atoms with van der Waals surface area (Å²) >= 11 is 0. The van der Waals surface area contributed by atoms with Crippen LogP contribution in [0.5, 0.6) is 5.75 Å². The van der Waals surface area contributed by atoms with Crippen LogP contribution >= 0.6 is 0 Å². The van der Waals surface area contributed by atoms with E-state index < -0.39 is 0 Å². The van der Waals surface area contributed by atoms with Crippen LogP contribution in [0.25, 0.3) is 0 Å². The zero-order valence-corrected chi connectivity index (χ0v) is 12.5. The monoisotopic (exact) mass is 269 g/mol. The molecule has 2 heteroatoms. The van der Waals surface area contributed by atoms with Crippen molar-refractivity contribution in [3.63, 3.8) is 0 Å². The van der Waals surface area contributed by atoms with Crippen molar-refractivity contribution >= 4 is 0 Å². The molecule has 2 rings (SSSR count). The van der Waals surface area contributed by atoms with Crippen LogP contribution < -0.4 is 10.1 Å². The molecule has 0 saturated heterocycles. The molecular formula is C18H23NO. The molecule has 20 heavy (non-hydrogen) atoms. The highest BCUT2D eigenvalue weighted by Gasteiger charge is 2.17. The maximum Gasteiger partial charge on any atom is 0.124 e. The van der Waals surface area contributed by atoms with Crippen LogP contribution in [0.2, 0.25) is 0 Å². The highest BCUT2D eigenvalue weighted by atomic mass is 16.5. The van der Waals surface area contributed by atoms with Gasteiger partial charge in [0.1, 0.15) is 5.75 Å². The molecule has 0 aromatic heterocycles.